The molecule has 0 fully saturated rings. The first-order chi connectivity index (χ1) is 9.61. The smallest absolute Gasteiger partial charge is 0.234 e. The molecule has 2 heterocycles. The summed E-state index contributed by atoms with van der Waals surface area (Å²) in [5, 5.41) is 10.6. The van der Waals surface area contributed by atoms with Crippen molar-refractivity contribution >= 4 is 29.0 Å². The third-order valence-corrected chi connectivity index (χ3v) is 4.28. The summed E-state index contributed by atoms with van der Waals surface area (Å²) in [4.78, 5) is 12.5. The Morgan fingerprint density at radius 2 is 2.35 bits per heavy atom. The zero-order valence-electron chi connectivity index (χ0n) is 11.4. The Bertz CT molecular complexity index is 665. The summed E-state index contributed by atoms with van der Waals surface area (Å²) in [6, 6.07) is 6.05. The average molecular weight is 288 g/mol. The van der Waals surface area contributed by atoms with Crippen LogP contribution in [0.25, 0.3) is 0 Å². The van der Waals surface area contributed by atoms with Crippen molar-refractivity contribution < 1.29 is 4.79 Å². The number of hydrogen-bond donors (Lipinski definition) is 2. The van der Waals surface area contributed by atoms with Crippen LogP contribution in [-0.2, 0) is 18.4 Å². The van der Waals surface area contributed by atoms with E-state index < -0.39 is 0 Å². The third kappa shape index (κ3) is 2.65. The van der Waals surface area contributed by atoms with Gasteiger partial charge in [0.2, 0.25) is 5.91 Å². The van der Waals surface area contributed by atoms with E-state index >= 15 is 0 Å². The Morgan fingerprint density at radius 3 is 3.10 bits per heavy atom. The van der Waals surface area contributed by atoms with E-state index in [1.807, 2.05) is 43.0 Å². The molecule has 1 aromatic carbocycles. The van der Waals surface area contributed by atoms with Crippen LogP contribution in [0.15, 0.2) is 29.3 Å². The maximum Gasteiger partial charge on any atom is 0.234 e. The Hall–Kier alpha value is -1.95. The molecule has 0 bridgehead atoms. The number of fused-ring (bicyclic) bond motifs is 1. The van der Waals surface area contributed by atoms with Crippen molar-refractivity contribution in [2.75, 3.05) is 16.4 Å². The monoisotopic (exact) mass is 288 g/mol. The van der Waals surface area contributed by atoms with Crippen molar-refractivity contribution in [3.63, 3.8) is 0 Å². The fourth-order valence-electron chi connectivity index (χ4n) is 2.21. The van der Waals surface area contributed by atoms with Crippen molar-refractivity contribution in [2.45, 2.75) is 18.4 Å². The number of rotatable bonds is 3. The highest BCUT2D eigenvalue weighted by molar-refractivity contribution is 8.00. The van der Waals surface area contributed by atoms with E-state index in [0.29, 0.717) is 5.75 Å². The van der Waals surface area contributed by atoms with Crippen LogP contribution in [0.4, 0.5) is 11.4 Å². The first kappa shape index (κ1) is 13.1. The molecule has 104 valence electrons. The second-order valence-corrected chi connectivity index (χ2v) is 5.83. The molecule has 0 saturated carbocycles. The first-order valence-corrected chi connectivity index (χ1v) is 7.40. The van der Waals surface area contributed by atoms with E-state index in [1.54, 1.807) is 11.8 Å². The van der Waals surface area contributed by atoms with Gasteiger partial charge in [-0.1, -0.05) is 0 Å². The van der Waals surface area contributed by atoms with Gasteiger partial charge in [0.05, 0.1) is 17.1 Å². The largest absolute Gasteiger partial charge is 0.381 e. The summed E-state index contributed by atoms with van der Waals surface area (Å²) in [6.07, 6.45) is 2.01. The summed E-state index contributed by atoms with van der Waals surface area (Å²) in [5.74, 6) is 0.553. The molecular weight excluding hydrogens is 272 g/mol. The molecule has 0 spiro atoms. The number of amides is 1. The van der Waals surface area contributed by atoms with Crippen LogP contribution in [0.5, 0.6) is 0 Å². The van der Waals surface area contributed by atoms with Gasteiger partial charge in [0.25, 0.3) is 0 Å². The highest BCUT2D eigenvalue weighted by Gasteiger charge is 2.15. The number of carbonyl (C=O) groups is 1. The van der Waals surface area contributed by atoms with Crippen LogP contribution in [0, 0.1) is 6.92 Å². The predicted octanol–water partition coefficient (Wildman–Crippen LogP) is 2.38. The highest BCUT2D eigenvalue weighted by Crippen LogP contribution is 2.33. The average Bonchev–Trinajstić information content (AvgIpc) is 2.74. The number of benzene rings is 1. The fraction of sp³-hybridized carbons (Fsp3) is 0.286. The van der Waals surface area contributed by atoms with Crippen LogP contribution in [0.1, 0.15) is 11.3 Å². The van der Waals surface area contributed by atoms with Crippen LogP contribution >= 0.6 is 11.8 Å². The minimum atomic E-state index is 0.0581. The lowest BCUT2D eigenvalue weighted by Gasteiger charge is -2.17. The van der Waals surface area contributed by atoms with E-state index in [-0.39, 0.29) is 5.91 Å². The molecule has 1 aliphatic heterocycles. The second-order valence-electron chi connectivity index (χ2n) is 4.81. The van der Waals surface area contributed by atoms with Crippen molar-refractivity contribution in [3.8, 4) is 0 Å². The van der Waals surface area contributed by atoms with Gasteiger partial charge in [0.1, 0.15) is 0 Å². The van der Waals surface area contributed by atoms with Gasteiger partial charge in [-0.25, -0.2) is 0 Å². The summed E-state index contributed by atoms with van der Waals surface area (Å²) < 4.78 is 1.82. The topological polar surface area (TPSA) is 59.0 Å². The Kier molecular flexibility index (Phi) is 3.40. The Balaban J connectivity index is 1.73. The number of hydrogen-bond acceptors (Lipinski definition) is 4. The van der Waals surface area contributed by atoms with Crippen LogP contribution < -0.4 is 10.6 Å². The summed E-state index contributed by atoms with van der Waals surface area (Å²) in [6.45, 7) is 2.72. The quantitative estimate of drug-likeness (QED) is 0.910. The molecule has 0 aliphatic carbocycles. The van der Waals surface area contributed by atoms with E-state index in [2.05, 4.69) is 15.7 Å². The standard InChI is InChI=1S/C14H16N4OS/c1-9-10(7-18(2)17-9)6-15-11-3-4-13-12(5-11)16-14(19)8-20-13/h3-5,7,15H,6,8H2,1-2H3,(H,16,19). The van der Waals surface area contributed by atoms with Crippen molar-refractivity contribution in [1.29, 1.82) is 0 Å². The zero-order chi connectivity index (χ0) is 14.1. The number of aryl methyl sites for hydroxylation is 2. The molecule has 20 heavy (non-hydrogen) atoms. The lowest BCUT2D eigenvalue weighted by Crippen LogP contribution is -2.18. The van der Waals surface area contributed by atoms with Gasteiger partial charge in [0, 0.05) is 35.9 Å². The SMILES string of the molecule is Cc1nn(C)cc1CNc1ccc2c(c1)NC(=O)CS2. The minimum absolute atomic E-state index is 0.0581. The molecule has 0 atom stereocenters. The molecule has 0 unspecified atom stereocenters. The lowest BCUT2D eigenvalue weighted by molar-refractivity contribution is -0.113. The number of carbonyl (C=O) groups excluding carboxylic acids is 1. The minimum Gasteiger partial charge on any atom is -0.381 e. The zero-order valence-corrected chi connectivity index (χ0v) is 12.3. The summed E-state index contributed by atoms with van der Waals surface area (Å²) >= 11 is 1.57. The molecule has 6 heteroatoms. The molecular formula is C14H16N4OS. The van der Waals surface area contributed by atoms with Gasteiger partial charge in [-0.2, -0.15) is 5.10 Å². The molecule has 2 N–H and O–H groups in total. The van der Waals surface area contributed by atoms with Crippen molar-refractivity contribution in [2.24, 2.45) is 7.05 Å². The van der Waals surface area contributed by atoms with E-state index in [0.717, 1.165) is 28.5 Å². The Labute approximate surface area is 121 Å². The van der Waals surface area contributed by atoms with Crippen LogP contribution in [0.2, 0.25) is 0 Å². The van der Waals surface area contributed by atoms with Gasteiger partial charge in [-0.05, 0) is 25.1 Å². The number of nitrogens with zero attached hydrogens (tertiary/aromatic N) is 2. The number of anilines is 2. The van der Waals surface area contributed by atoms with E-state index in [9.17, 15) is 4.79 Å². The molecule has 3 rings (SSSR count). The molecule has 1 aliphatic rings. The molecule has 0 saturated heterocycles. The summed E-state index contributed by atoms with van der Waals surface area (Å²) in [7, 11) is 1.92. The predicted molar refractivity (Wildman–Crippen MR) is 81.1 cm³/mol. The number of nitrogens with one attached hydrogen (secondary N) is 2. The van der Waals surface area contributed by atoms with Gasteiger partial charge in [-0.3, -0.25) is 9.48 Å². The molecule has 2 aromatic rings. The first-order valence-electron chi connectivity index (χ1n) is 6.41. The third-order valence-electron chi connectivity index (χ3n) is 3.21. The van der Waals surface area contributed by atoms with Gasteiger partial charge >= 0.3 is 0 Å². The number of thioether (sulfide) groups is 1. The maximum atomic E-state index is 11.4. The molecule has 1 aromatic heterocycles. The fourth-order valence-corrected chi connectivity index (χ4v) is 3.00. The highest BCUT2D eigenvalue weighted by atomic mass is 32.2. The second kappa shape index (κ2) is 5.20. The number of aromatic nitrogens is 2. The van der Waals surface area contributed by atoms with Crippen LogP contribution in [-0.4, -0.2) is 21.4 Å². The van der Waals surface area contributed by atoms with E-state index in [1.165, 1.54) is 5.56 Å². The van der Waals surface area contributed by atoms with Gasteiger partial charge in [0.15, 0.2) is 0 Å². The van der Waals surface area contributed by atoms with Crippen molar-refractivity contribution in [3.05, 3.63) is 35.7 Å². The van der Waals surface area contributed by atoms with Gasteiger partial charge < -0.3 is 10.6 Å². The maximum absolute atomic E-state index is 11.4. The van der Waals surface area contributed by atoms with Crippen LogP contribution in [0.3, 0.4) is 0 Å². The summed E-state index contributed by atoms with van der Waals surface area (Å²) in [5.41, 5.74) is 4.08. The lowest BCUT2D eigenvalue weighted by atomic mass is 10.2. The molecule has 5 nitrogen and oxygen atoms in total. The van der Waals surface area contributed by atoms with Gasteiger partial charge in [-0.15, -0.1) is 11.8 Å². The Morgan fingerprint density at radius 1 is 1.50 bits per heavy atom. The van der Waals surface area contributed by atoms with Crippen molar-refractivity contribution in [1.82, 2.24) is 9.78 Å². The molecule has 1 amide bonds. The molecule has 0 radical (unpaired) electrons. The normalized spacial score (nSPS) is 13.8. The van der Waals surface area contributed by atoms with E-state index in [4.69, 9.17) is 0 Å².